The summed E-state index contributed by atoms with van der Waals surface area (Å²) in [4.78, 5) is 11.6. The molecule has 2 rings (SSSR count). The number of rotatable bonds is 4. The van der Waals surface area contributed by atoms with Gasteiger partial charge in [-0.05, 0) is 45.0 Å². The number of carbonyl (C=O) groups is 1. The Bertz CT molecular complexity index is 330. The van der Waals surface area contributed by atoms with E-state index in [9.17, 15) is 4.79 Å². The van der Waals surface area contributed by atoms with E-state index in [-0.39, 0.29) is 11.9 Å². The number of ether oxygens (including phenoxy) is 1. The summed E-state index contributed by atoms with van der Waals surface area (Å²) in [6.45, 7) is 8.84. The molecule has 0 spiro atoms. The largest absolute Gasteiger partial charge is 0.547 e. The maximum Gasteiger partial charge on any atom is 0.309 e. The summed E-state index contributed by atoms with van der Waals surface area (Å²) in [7, 11) is -1.54. The summed E-state index contributed by atoms with van der Waals surface area (Å²) in [5.41, 5.74) is 0. The van der Waals surface area contributed by atoms with E-state index in [2.05, 4.69) is 25.7 Å². The molecule has 0 radical (unpaired) electrons. The van der Waals surface area contributed by atoms with Gasteiger partial charge >= 0.3 is 5.97 Å². The maximum absolute atomic E-state index is 11.6. The summed E-state index contributed by atoms with van der Waals surface area (Å²) in [6.07, 6.45) is 3.14. The van der Waals surface area contributed by atoms with Crippen molar-refractivity contribution in [3.8, 4) is 0 Å². The van der Waals surface area contributed by atoms with E-state index in [0.29, 0.717) is 18.4 Å². The molecular weight excluding hydrogens is 220 g/mol. The first-order valence-corrected chi connectivity index (χ1v) is 9.40. The van der Waals surface area contributed by atoms with Gasteiger partial charge in [-0.25, -0.2) is 0 Å². The Balaban J connectivity index is 1.94. The third-order valence-electron chi connectivity index (χ3n) is 3.07. The van der Waals surface area contributed by atoms with E-state index < -0.39 is 8.32 Å². The molecular formula is C12H20O3Si. The average molecular weight is 240 g/mol. The van der Waals surface area contributed by atoms with Crippen LogP contribution in [0.25, 0.3) is 0 Å². The molecule has 3 atom stereocenters. The number of hydrogen-bond donors (Lipinski definition) is 0. The van der Waals surface area contributed by atoms with Crippen LogP contribution in [0.5, 0.6) is 0 Å². The highest BCUT2D eigenvalue weighted by atomic mass is 28.4. The molecule has 2 aliphatic carbocycles. The number of fused-ring (bicyclic) bond motifs is 1. The SMILES string of the molecule is CCOC(=O)[C@H]1[C@@H]2CC=C(O[Si](C)(C)C)[C@@H]21. The molecule has 0 aromatic heterocycles. The van der Waals surface area contributed by atoms with Crippen molar-refractivity contribution >= 4 is 14.3 Å². The van der Waals surface area contributed by atoms with Crippen LogP contribution >= 0.6 is 0 Å². The van der Waals surface area contributed by atoms with Crippen LogP contribution in [-0.4, -0.2) is 20.9 Å². The van der Waals surface area contributed by atoms with Crippen LogP contribution in [0, 0.1) is 17.8 Å². The molecule has 0 heterocycles. The van der Waals surface area contributed by atoms with Crippen molar-refractivity contribution in [2.75, 3.05) is 6.61 Å². The van der Waals surface area contributed by atoms with Crippen LogP contribution in [-0.2, 0) is 14.0 Å². The summed E-state index contributed by atoms with van der Waals surface area (Å²) in [6, 6.07) is 0. The first kappa shape index (κ1) is 11.7. The van der Waals surface area contributed by atoms with Gasteiger partial charge in [0.25, 0.3) is 0 Å². The number of carbonyl (C=O) groups excluding carboxylic acids is 1. The van der Waals surface area contributed by atoms with Crippen molar-refractivity contribution in [2.24, 2.45) is 17.8 Å². The molecule has 0 aromatic carbocycles. The normalized spacial score (nSPS) is 31.8. The summed E-state index contributed by atoms with van der Waals surface area (Å²) >= 11 is 0. The summed E-state index contributed by atoms with van der Waals surface area (Å²) in [5.74, 6) is 1.89. The fourth-order valence-electron chi connectivity index (χ4n) is 2.47. The van der Waals surface area contributed by atoms with E-state index in [4.69, 9.17) is 9.16 Å². The minimum atomic E-state index is -1.54. The Hall–Kier alpha value is -0.773. The molecule has 3 nitrogen and oxygen atoms in total. The fraction of sp³-hybridized carbons (Fsp3) is 0.750. The standard InChI is InChI=1S/C12H20O3Si/c1-5-14-12(13)11-8-6-7-9(10(8)11)15-16(2,3)4/h7-8,10-11H,5-6H2,1-4H3/t8-,10-,11+/m1/s1. The van der Waals surface area contributed by atoms with Gasteiger partial charge < -0.3 is 9.16 Å². The van der Waals surface area contributed by atoms with E-state index in [1.165, 1.54) is 0 Å². The lowest BCUT2D eigenvalue weighted by Gasteiger charge is -2.21. The van der Waals surface area contributed by atoms with Crippen molar-refractivity contribution < 1.29 is 14.0 Å². The zero-order valence-electron chi connectivity index (χ0n) is 10.4. The Labute approximate surface area is 97.9 Å². The first-order chi connectivity index (χ1) is 7.44. The smallest absolute Gasteiger partial charge is 0.309 e. The Kier molecular flexibility index (Phi) is 2.86. The van der Waals surface area contributed by atoms with Crippen LogP contribution in [0.2, 0.25) is 19.6 Å². The second-order valence-corrected chi connectivity index (χ2v) is 9.95. The van der Waals surface area contributed by atoms with Crippen LogP contribution in [0.4, 0.5) is 0 Å². The topological polar surface area (TPSA) is 35.5 Å². The Morgan fingerprint density at radius 1 is 1.50 bits per heavy atom. The fourth-order valence-corrected chi connectivity index (χ4v) is 3.39. The molecule has 0 aliphatic heterocycles. The van der Waals surface area contributed by atoms with Crippen molar-refractivity contribution in [1.29, 1.82) is 0 Å². The third-order valence-corrected chi connectivity index (χ3v) is 3.92. The summed E-state index contributed by atoms with van der Waals surface area (Å²) < 4.78 is 11.1. The van der Waals surface area contributed by atoms with Crippen molar-refractivity contribution in [1.82, 2.24) is 0 Å². The van der Waals surface area contributed by atoms with Gasteiger partial charge in [-0.3, -0.25) is 4.79 Å². The number of esters is 1. The highest BCUT2D eigenvalue weighted by Gasteiger charge is 2.60. The third kappa shape index (κ3) is 2.16. The zero-order valence-corrected chi connectivity index (χ0v) is 11.4. The predicted molar refractivity (Wildman–Crippen MR) is 64.2 cm³/mol. The van der Waals surface area contributed by atoms with Crippen molar-refractivity contribution in [3.05, 3.63) is 11.8 Å². The molecule has 0 N–H and O–H groups in total. The number of allylic oxidation sites excluding steroid dienone is 2. The lowest BCUT2D eigenvalue weighted by molar-refractivity contribution is -0.145. The van der Waals surface area contributed by atoms with E-state index >= 15 is 0 Å². The van der Waals surface area contributed by atoms with Crippen LogP contribution in [0.15, 0.2) is 11.8 Å². The molecule has 1 fully saturated rings. The quantitative estimate of drug-likeness (QED) is 0.559. The molecule has 16 heavy (non-hydrogen) atoms. The molecule has 1 saturated carbocycles. The van der Waals surface area contributed by atoms with Gasteiger partial charge in [-0.15, -0.1) is 0 Å². The summed E-state index contributed by atoms with van der Waals surface area (Å²) in [5, 5.41) is 0. The van der Waals surface area contributed by atoms with E-state index in [0.717, 1.165) is 12.2 Å². The molecule has 0 aromatic rings. The van der Waals surface area contributed by atoms with Gasteiger partial charge in [0.15, 0.2) is 0 Å². The Morgan fingerprint density at radius 3 is 2.75 bits per heavy atom. The van der Waals surface area contributed by atoms with Crippen LogP contribution < -0.4 is 0 Å². The Morgan fingerprint density at radius 2 is 2.19 bits per heavy atom. The second-order valence-electron chi connectivity index (χ2n) is 5.52. The molecule has 0 bridgehead atoms. The number of hydrogen-bond acceptors (Lipinski definition) is 3. The van der Waals surface area contributed by atoms with E-state index in [1.54, 1.807) is 0 Å². The monoisotopic (exact) mass is 240 g/mol. The van der Waals surface area contributed by atoms with Gasteiger partial charge in [0, 0.05) is 5.92 Å². The van der Waals surface area contributed by atoms with Gasteiger partial charge in [0.2, 0.25) is 8.32 Å². The van der Waals surface area contributed by atoms with Crippen LogP contribution in [0.1, 0.15) is 13.3 Å². The van der Waals surface area contributed by atoms with Gasteiger partial charge in [0.1, 0.15) is 0 Å². The lowest BCUT2D eigenvalue weighted by atomic mass is 10.2. The molecule has 0 saturated heterocycles. The zero-order chi connectivity index (χ0) is 11.9. The molecule has 0 unspecified atom stereocenters. The van der Waals surface area contributed by atoms with Crippen molar-refractivity contribution in [3.63, 3.8) is 0 Å². The minimum Gasteiger partial charge on any atom is -0.547 e. The highest BCUT2D eigenvalue weighted by molar-refractivity contribution is 6.70. The minimum absolute atomic E-state index is 0.0396. The van der Waals surface area contributed by atoms with E-state index in [1.807, 2.05) is 6.92 Å². The average Bonchev–Trinajstić information content (AvgIpc) is 2.74. The van der Waals surface area contributed by atoms with Gasteiger partial charge in [0.05, 0.1) is 18.3 Å². The maximum atomic E-state index is 11.6. The highest BCUT2D eigenvalue weighted by Crippen LogP contribution is 2.58. The van der Waals surface area contributed by atoms with Crippen molar-refractivity contribution in [2.45, 2.75) is 33.0 Å². The second kappa shape index (κ2) is 3.91. The molecule has 2 aliphatic rings. The lowest BCUT2D eigenvalue weighted by Crippen LogP contribution is -2.25. The van der Waals surface area contributed by atoms with Crippen LogP contribution in [0.3, 0.4) is 0 Å². The molecule has 90 valence electrons. The first-order valence-electron chi connectivity index (χ1n) is 5.99. The predicted octanol–water partition coefficient (Wildman–Crippen LogP) is 2.55. The molecule has 4 heteroatoms. The van der Waals surface area contributed by atoms with Gasteiger partial charge in [-0.2, -0.15) is 0 Å². The van der Waals surface area contributed by atoms with Gasteiger partial charge in [-0.1, -0.05) is 0 Å². The molecule has 0 amide bonds.